The third kappa shape index (κ3) is 4.60. The van der Waals surface area contributed by atoms with E-state index in [4.69, 9.17) is 5.73 Å². The quantitative estimate of drug-likeness (QED) is 0.766. The molecule has 0 aromatic heterocycles. The smallest absolute Gasteiger partial charge is 0.240 e. The minimum Gasteiger partial charge on any atom is -0.341 e. The van der Waals surface area contributed by atoms with E-state index in [1.807, 2.05) is 4.90 Å². The summed E-state index contributed by atoms with van der Waals surface area (Å²) < 4.78 is 0. The summed E-state index contributed by atoms with van der Waals surface area (Å²) in [5.74, 6) is 0.553. The van der Waals surface area contributed by atoms with Crippen molar-refractivity contribution < 1.29 is 14.4 Å². The number of Topliss-reactive ketones (excluding diaryl/α,β-unsaturated/α-hetero) is 1. The number of hydrogen-bond acceptors (Lipinski definition) is 5. The number of piperidine rings is 1. The van der Waals surface area contributed by atoms with E-state index in [9.17, 15) is 14.4 Å². The largest absolute Gasteiger partial charge is 0.341 e. The van der Waals surface area contributed by atoms with Crippen LogP contribution >= 0.6 is 0 Å². The maximum Gasteiger partial charge on any atom is 0.240 e. The molecule has 0 bridgehead atoms. The van der Waals surface area contributed by atoms with Gasteiger partial charge in [-0.25, -0.2) is 5.43 Å². The molecule has 0 radical (unpaired) electrons. The number of amides is 2. The van der Waals surface area contributed by atoms with Gasteiger partial charge in [0, 0.05) is 32.4 Å². The molecule has 2 rings (SSSR count). The van der Waals surface area contributed by atoms with E-state index >= 15 is 0 Å². The molecule has 1 saturated heterocycles. The molecule has 0 saturated carbocycles. The monoisotopic (exact) mass is 322 g/mol. The lowest BCUT2D eigenvalue weighted by molar-refractivity contribution is -0.134. The Labute approximate surface area is 136 Å². The van der Waals surface area contributed by atoms with Crippen LogP contribution in [0.5, 0.6) is 0 Å². The molecule has 0 spiro atoms. The van der Waals surface area contributed by atoms with Crippen molar-refractivity contribution in [1.29, 1.82) is 0 Å². The van der Waals surface area contributed by atoms with Gasteiger partial charge in [0.1, 0.15) is 5.71 Å². The Morgan fingerprint density at radius 3 is 2.48 bits per heavy atom. The van der Waals surface area contributed by atoms with Crippen LogP contribution in [-0.4, -0.2) is 47.3 Å². The summed E-state index contributed by atoms with van der Waals surface area (Å²) >= 11 is 0. The van der Waals surface area contributed by atoms with E-state index in [1.54, 1.807) is 6.92 Å². The molecule has 2 amide bonds. The molecule has 2 atom stereocenters. The number of nitrogens with zero attached hydrogens (tertiary/aromatic N) is 2. The van der Waals surface area contributed by atoms with E-state index in [1.165, 1.54) is 0 Å². The fourth-order valence-corrected chi connectivity index (χ4v) is 3.23. The Hall–Kier alpha value is -1.76. The Balaban J connectivity index is 1.81. The van der Waals surface area contributed by atoms with Gasteiger partial charge in [0.2, 0.25) is 11.8 Å². The molecular weight excluding hydrogens is 296 g/mol. The van der Waals surface area contributed by atoms with E-state index in [0.29, 0.717) is 44.0 Å². The van der Waals surface area contributed by atoms with Crippen molar-refractivity contribution in [3.63, 3.8) is 0 Å². The Morgan fingerprint density at radius 2 is 1.96 bits per heavy atom. The second kappa shape index (κ2) is 7.68. The number of nitrogens with two attached hydrogens (primary N) is 1. The number of nitrogens with one attached hydrogen (secondary N) is 1. The van der Waals surface area contributed by atoms with Gasteiger partial charge < -0.3 is 10.6 Å². The molecular formula is C16H26N4O3. The topological polar surface area (TPSA) is 105 Å². The van der Waals surface area contributed by atoms with Gasteiger partial charge >= 0.3 is 0 Å². The molecule has 2 aliphatic rings. The van der Waals surface area contributed by atoms with Gasteiger partial charge in [0.25, 0.3) is 0 Å². The first-order valence-corrected chi connectivity index (χ1v) is 8.31. The van der Waals surface area contributed by atoms with Gasteiger partial charge in [-0.1, -0.05) is 6.92 Å². The summed E-state index contributed by atoms with van der Waals surface area (Å²) in [7, 11) is 0. The van der Waals surface area contributed by atoms with Crippen LogP contribution in [0, 0.1) is 11.8 Å². The number of hydrazone groups is 1. The number of carbonyl (C=O) groups excluding carboxylic acids is 3. The molecule has 2 aliphatic heterocycles. The minimum absolute atomic E-state index is 0.000479. The van der Waals surface area contributed by atoms with Crippen LogP contribution in [0.4, 0.5) is 0 Å². The number of hydrogen-bond donors (Lipinski definition) is 2. The molecule has 0 aromatic carbocycles. The van der Waals surface area contributed by atoms with Crippen LogP contribution < -0.4 is 11.2 Å². The third-order valence-corrected chi connectivity index (χ3v) is 4.78. The summed E-state index contributed by atoms with van der Waals surface area (Å²) in [6, 6.07) is -0.454. The molecule has 0 aromatic rings. The summed E-state index contributed by atoms with van der Waals surface area (Å²) in [6.07, 6.45) is 3.00. The summed E-state index contributed by atoms with van der Waals surface area (Å²) in [6.45, 7) is 5.20. The lowest BCUT2D eigenvalue weighted by Gasteiger charge is -2.35. The predicted octanol–water partition coefficient (Wildman–Crippen LogP) is 0.434. The van der Waals surface area contributed by atoms with Crippen LogP contribution in [0.15, 0.2) is 5.10 Å². The number of ketones is 1. The van der Waals surface area contributed by atoms with Crippen LogP contribution in [0.1, 0.15) is 46.0 Å². The molecule has 1 fully saturated rings. The fraction of sp³-hybridized carbons (Fsp3) is 0.750. The Morgan fingerprint density at radius 1 is 1.30 bits per heavy atom. The molecule has 23 heavy (non-hydrogen) atoms. The zero-order valence-corrected chi connectivity index (χ0v) is 13.9. The van der Waals surface area contributed by atoms with E-state index in [0.717, 1.165) is 12.8 Å². The lowest BCUT2D eigenvalue weighted by Crippen LogP contribution is -2.46. The molecule has 7 heteroatoms. The highest BCUT2D eigenvalue weighted by Crippen LogP contribution is 2.28. The Bertz CT molecular complexity index is 507. The average Bonchev–Trinajstić information content (AvgIpc) is 2.54. The maximum absolute atomic E-state index is 12.3. The highest BCUT2D eigenvalue weighted by atomic mass is 16.2. The first-order valence-electron chi connectivity index (χ1n) is 8.31. The maximum atomic E-state index is 12.3. The fourth-order valence-electron chi connectivity index (χ4n) is 3.23. The first kappa shape index (κ1) is 17.6. The molecule has 0 aliphatic carbocycles. The molecule has 2 heterocycles. The molecule has 128 valence electrons. The van der Waals surface area contributed by atoms with Crippen LogP contribution in [0.25, 0.3) is 0 Å². The van der Waals surface area contributed by atoms with Gasteiger partial charge in [0.15, 0.2) is 5.78 Å². The standard InChI is InChI=1S/C16H26N4O3/c1-10(9-14(21)13-3-4-15(22)19-18-13)12-5-7-20(8-6-12)16(23)11(2)17/h10-12H,3-9,17H2,1-2H3,(H,19,22)/t10?,11-/m0/s1. The zero-order valence-electron chi connectivity index (χ0n) is 13.9. The van der Waals surface area contributed by atoms with Gasteiger partial charge in [-0.2, -0.15) is 5.10 Å². The van der Waals surface area contributed by atoms with E-state index in [-0.39, 0.29) is 23.5 Å². The van der Waals surface area contributed by atoms with Crippen molar-refractivity contribution in [3.8, 4) is 0 Å². The minimum atomic E-state index is -0.454. The zero-order chi connectivity index (χ0) is 17.0. The lowest BCUT2D eigenvalue weighted by atomic mass is 9.81. The SMILES string of the molecule is CC(CC(=O)C1=NNC(=O)CC1)C1CCN(C(=O)[C@H](C)N)CC1. The van der Waals surface area contributed by atoms with Crippen molar-refractivity contribution in [2.24, 2.45) is 22.7 Å². The third-order valence-electron chi connectivity index (χ3n) is 4.78. The first-order chi connectivity index (χ1) is 10.9. The predicted molar refractivity (Wildman–Crippen MR) is 86.6 cm³/mol. The van der Waals surface area contributed by atoms with Gasteiger partial charge in [-0.3, -0.25) is 14.4 Å². The summed E-state index contributed by atoms with van der Waals surface area (Å²) in [5, 5.41) is 3.86. The van der Waals surface area contributed by atoms with Crippen molar-refractivity contribution >= 4 is 23.3 Å². The number of rotatable bonds is 5. The average molecular weight is 322 g/mol. The highest BCUT2D eigenvalue weighted by Gasteiger charge is 2.29. The molecule has 1 unspecified atom stereocenters. The molecule has 3 N–H and O–H groups in total. The van der Waals surface area contributed by atoms with Gasteiger partial charge in [-0.05, 0) is 31.6 Å². The second-order valence-electron chi connectivity index (χ2n) is 6.65. The van der Waals surface area contributed by atoms with Crippen LogP contribution in [-0.2, 0) is 14.4 Å². The van der Waals surface area contributed by atoms with Crippen LogP contribution in [0.2, 0.25) is 0 Å². The van der Waals surface area contributed by atoms with Gasteiger partial charge in [-0.15, -0.1) is 0 Å². The van der Waals surface area contributed by atoms with Crippen molar-refractivity contribution in [3.05, 3.63) is 0 Å². The summed E-state index contributed by atoms with van der Waals surface area (Å²) in [5.41, 5.74) is 8.48. The van der Waals surface area contributed by atoms with Crippen molar-refractivity contribution in [2.75, 3.05) is 13.1 Å². The van der Waals surface area contributed by atoms with E-state index in [2.05, 4.69) is 17.5 Å². The molecule has 7 nitrogen and oxygen atoms in total. The number of carbonyl (C=O) groups is 3. The van der Waals surface area contributed by atoms with E-state index < -0.39 is 6.04 Å². The van der Waals surface area contributed by atoms with Crippen molar-refractivity contribution in [1.82, 2.24) is 10.3 Å². The van der Waals surface area contributed by atoms with Crippen molar-refractivity contribution in [2.45, 2.75) is 52.0 Å². The number of likely N-dealkylation sites (tertiary alicyclic amines) is 1. The second-order valence-corrected chi connectivity index (χ2v) is 6.65. The van der Waals surface area contributed by atoms with Crippen LogP contribution in [0.3, 0.4) is 0 Å². The normalized spacial score (nSPS) is 22.1. The Kier molecular flexibility index (Phi) is 5.87. The summed E-state index contributed by atoms with van der Waals surface area (Å²) in [4.78, 5) is 37.0. The van der Waals surface area contributed by atoms with Gasteiger partial charge in [0.05, 0.1) is 6.04 Å². The highest BCUT2D eigenvalue weighted by molar-refractivity contribution is 6.40.